The van der Waals surface area contributed by atoms with Crippen molar-refractivity contribution >= 4 is 28.3 Å². The Hall–Kier alpha value is -2.21. The van der Waals surface area contributed by atoms with Crippen molar-refractivity contribution in [2.45, 2.75) is 39.3 Å². The number of hydrogen-bond donors (Lipinski definition) is 2. The minimum atomic E-state index is -1.33. The predicted molar refractivity (Wildman–Crippen MR) is 106 cm³/mol. The van der Waals surface area contributed by atoms with Gasteiger partial charge in [-0.15, -0.1) is 0 Å². The van der Waals surface area contributed by atoms with Crippen LogP contribution in [0.15, 0.2) is 36.7 Å². The fourth-order valence-electron chi connectivity index (χ4n) is 3.34. The second kappa shape index (κ2) is 7.43. The lowest BCUT2D eigenvalue weighted by Crippen LogP contribution is -2.27. The molecule has 0 saturated heterocycles. The maximum absolute atomic E-state index is 12.7. The zero-order valence-corrected chi connectivity index (χ0v) is 16.4. The number of aliphatic hydroxyl groups is 2. The lowest BCUT2D eigenvalue weighted by atomic mass is 9.90. The van der Waals surface area contributed by atoms with Crippen molar-refractivity contribution in [3.63, 3.8) is 0 Å². The molecule has 6 heteroatoms. The fraction of sp³-hybridized carbons (Fsp3) is 0.333. The first-order valence-electron chi connectivity index (χ1n) is 8.87. The number of halogens is 1. The van der Waals surface area contributed by atoms with Gasteiger partial charge in [0.15, 0.2) is 5.78 Å². The summed E-state index contributed by atoms with van der Waals surface area (Å²) in [6, 6.07) is 7.02. The quantitative estimate of drug-likeness (QED) is 0.634. The maximum Gasteiger partial charge on any atom is 0.168 e. The van der Waals surface area contributed by atoms with Gasteiger partial charge in [-0.2, -0.15) is 0 Å². The second-order valence-corrected chi connectivity index (χ2v) is 7.42. The van der Waals surface area contributed by atoms with Crippen molar-refractivity contribution in [3.8, 4) is 0 Å². The number of benzene rings is 1. The lowest BCUT2D eigenvalue weighted by Gasteiger charge is -2.23. The molecule has 0 aliphatic carbocycles. The van der Waals surface area contributed by atoms with Crippen molar-refractivity contribution in [1.82, 2.24) is 9.55 Å². The molecule has 0 amide bonds. The Labute approximate surface area is 163 Å². The van der Waals surface area contributed by atoms with Gasteiger partial charge in [0.1, 0.15) is 5.60 Å². The summed E-state index contributed by atoms with van der Waals surface area (Å²) in [4.78, 5) is 17.1. The molecule has 5 nitrogen and oxygen atoms in total. The van der Waals surface area contributed by atoms with Crippen LogP contribution in [0, 0.1) is 6.92 Å². The number of fused-ring (bicyclic) bond motifs is 1. The number of ketones is 1. The Balaban J connectivity index is 1.87. The van der Waals surface area contributed by atoms with E-state index >= 15 is 0 Å². The number of aliphatic hydroxyl groups excluding tert-OH is 1. The van der Waals surface area contributed by atoms with E-state index in [9.17, 15) is 15.0 Å². The van der Waals surface area contributed by atoms with Gasteiger partial charge in [0.2, 0.25) is 0 Å². The van der Waals surface area contributed by atoms with Crippen molar-refractivity contribution in [2.75, 3.05) is 6.61 Å². The number of nitrogens with zero attached hydrogens (tertiary/aromatic N) is 2. The SMILES string of the molecule is CCn1cc(Cl)c2cnc(CC(=O)c3ccc([C@@](C)(O)CO)c(C)c3)cc21. The third kappa shape index (κ3) is 3.76. The van der Waals surface area contributed by atoms with Gasteiger partial charge < -0.3 is 14.8 Å². The van der Waals surface area contributed by atoms with Crippen molar-refractivity contribution < 1.29 is 15.0 Å². The molecule has 0 aliphatic heterocycles. The van der Waals surface area contributed by atoms with Crippen molar-refractivity contribution in [3.05, 3.63) is 64.1 Å². The van der Waals surface area contributed by atoms with Crippen LogP contribution in [0.4, 0.5) is 0 Å². The summed E-state index contributed by atoms with van der Waals surface area (Å²) < 4.78 is 2.03. The highest BCUT2D eigenvalue weighted by Crippen LogP contribution is 2.27. The van der Waals surface area contributed by atoms with Crippen LogP contribution in [0.1, 0.15) is 41.0 Å². The van der Waals surface area contributed by atoms with Gasteiger partial charge in [-0.1, -0.05) is 23.7 Å². The Morgan fingerprint density at radius 1 is 1.33 bits per heavy atom. The number of carbonyl (C=O) groups is 1. The van der Waals surface area contributed by atoms with Gasteiger partial charge in [0.05, 0.1) is 29.3 Å². The Bertz CT molecular complexity index is 1010. The van der Waals surface area contributed by atoms with Crippen LogP contribution in [-0.4, -0.2) is 32.2 Å². The lowest BCUT2D eigenvalue weighted by molar-refractivity contribution is -0.00279. The highest BCUT2D eigenvalue weighted by molar-refractivity contribution is 6.35. The number of aryl methyl sites for hydroxylation is 2. The van der Waals surface area contributed by atoms with E-state index < -0.39 is 5.60 Å². The molecule has 0 unspecified atom stereocenters. The average Bonchev–Trinajstić information content (AvgIpc) is 2.96. The highest BCUT2D eigenvalue weighted by Gasteiger charge is 2.24. The van der Waals surface area contributed by atoms with E-state index in [0.717, 1.165) is 23.0 Å². The summed E-state index contributed by atoms with van der Waals surface area (Å²) in [5.41, 5.74) is 2.23. The van der Waals surface area contributed by atoms with Crippen LogP contribution in [0.5, 0.6) is 0 Å². The number of carbonyl (C=O) groups excluding carboxylic acids is 1. The molecule has 0 saturated carbocycles. The number of rotatable bonds is 6. The van der Waals surface area contributed by atoms with Crippen LogP contribution in [-0.2, 0) is 18.6 Å². The summed E-state index contributed by atoms with van der Waals surface area (Å²) in [6.07, 6.45) is 3.76. The number of aromatic nitrogens is 2. The van der Waals surface area contributed by atoms with Gasteiger partial charge >= 0.3 is 0 Å². The normalized spacial score (nSPS) is 13.7. The highest BCUT2D eigenvalue weighted by atomic mass is 35.5. The van der Waals surface area contributed by atoms with Crippen LogP contribution < -0.4 is 0 Å². The molecule has 27 heavy (non-hydrogen) atoms. The van der Waals surface area contributed by atoms with E-state index in [1.807, 2.05) is 30.7 Å². The molecule has 0 aliphatic rings. The third-order valence-corrected chi connectivity index (χ3v) is 5.19. The molecule has 2 heterocycles. The average molecular weight is 387 g/mol. The smallest absolute Gasteiger partial charge is 0.168 e. The minimum absolute atomic E-state index is 0.0548. The van der Waals surface area contributed by atoms with Gasteiger partial charge in [-0.25, -0.2) is 0 Å². The van der Waals surface area contributed by atoms with Gasteiger partial charge in [-0.05, 0) is 44.0 Å². The monoisotopic (exact) mass is 386 g/mol. The molecule has 1 aromatic carbocycles. The van der Waals surface area contributed by atoms with E-state index in [4.69, 9.17) is 11.6 Å². The van der Waals surface area contributed by atoms with Crippen LogP contribution in [0.3, 0.4) is 0 Å². The van der Waals surface area contributed by atoms with E-state index in [1.54, 1.807) is 31.3 Å². The molecule has 2 N–H and O–H groups in total. The molecular weight excluding hydrogens is 364 g/mol. The Morgan fingerprint density at radius 3 is 2.70 bits per heavy atom. The first kappa shape index (κ1) is 19.5. The van der Waals surface area contributed by atoms with Gasteiger partial charge in [0.25, 0.3) is 0 Å². The molecule has 0 radical (unpaired) electrons. The molecule has 0 bridgehead atoms. The standard InChI is InChI=1S/C21H23ClN2O3/c1-4-24-11-18(22)16-10-23-15(8-19(16)24)9-20(26)14-5-6-17(13(2)7-14)21(3,27)12-25/h5-8,10-11,25,27H,4,9,12H2,1-3H3/t21-/m0/s1. The van der Waals surface area contributed by atoms with E-state index in [0.29, 0.717) is 21.8 Å². The predicted octanol–water partition coefficient (Wildman–Crippen LogP) is 3.64. The summed E-state index contributed by atoms with van der Waals surface area (Å²) in [5.74, 6) is -0.0548. The van der Waals surface area contributed by atoms with Crippen molar-refractivity contribution in [2.24, 2.45) is 0 Å². The first-order chi connectivity index (χ1) is 12.8. The summed E-state index contributed by atoms with van der Waals surface area (Å²) in [5, 5.41) is 21.1. The molecule has 2 aromatic heterocycles. The van der Waals surface area contributed by atoms with Crippen LogP contribution >= 0.6 is 11.6 Å². The zero-order chi connectivity index (χ0) is 19.8. The summed E-state index contributed by atoms with van der Waals surface area (Å²) in [6.45, 7) is 5.80. The third-order valence-electron chi connectivity index (χ3n) is 4.89. The molecule has 142 valence electrons. The molecule has 3 rings (SSSR count). The van der Waals surface area contributed by atoms with E-state index in [2.05, 4.69) is 4.98 Å². The molecule has 0 spiro atoms. The molecule has 3 aromatic rings. The topological polar surface area (TPSA) is 75.4 Å². The van der Waals surface area contributed by atoms with Crippen LogP contribution in [0.25, 0.3) is 10.9 Å². The van der Waals surface area contributed by atoms with Crippen LogP contribution in [0.2, 0.25) is 5.02 Å². The van der Waals surface area contributed by atoms with Crippen molar-refractivity contribution in [1.29, 1.82) is 0 Å². The molecule has 1 atom stereocenters. The molecular formula is C21H23ClN2O3. The Kier molecular flexibility index (Phi) is 5.38. The van der Waals surface area contributed by atoms with E-state index in [-0.39, 0.29) is 18.8 Å². The number of hydrogen-bond acceptors (Lipinski definition) is 4. The fourth-order valence-corrected chi connectivity index (χ4v) is 3.60. The maximum atomic E-state index is 12.7. The number of pyridine rings is 1. The van der Waals surface area contributed by atoms with Gasteiger partial charge in [0, 0.05) is 29.9 Å². The Morgan fingerprint density at radius 2 is 2.07 bits per heavy atom. The van der Waals surface area contributed by atoms with E-state index in [1.165, 1.54) is 0 Å². The summed E-state index contributed by atoms with van der Waals surface area (Å²) in [7, 11) is 0. The first-order valence-corrected chi connectivity index (χ1v) is 9.25. The number of Topliss-reactive ketones (excluding diaryl/α,β-unsaturated/α-hetero) is 1. The van der Waals surface area contributed by atoms with Gasteiger partial charge in [-0.3, -0.25) is 9.78 Å². The second-order valence-electron chi connectivity index (χ2n) is 7.02. The minimum Gasteiger partial charge on any atom is -0.393 e. The zero-order valence-electron chi connectivity index (χ0n) is 15.7. The summed E-state index contributed by atoms with van der Waals surface area (Å²) >= 11 is 6.23. The molecule has 0 fully saturated rings. The largest absolute Gasteiger partial charge is 0.393 e.